The lowest BCUT2D eigenvalue weighted by atomic mass is 10.2. The molecular weight excluding hydrogens is 298 g/mol. The summed E-state index contributed by atoms with van der Waals surface area (Å²) in [6.45, 7) is 1.56. The fourth-order valence-electron chi connectivity index (χ4n) is 1.90. The molecule has 0 saturated heterocycles. The quantitative estimate of drug-likeness (QED) is 0.947. The van der Waals surface area contributed by atoms with Crippen LogP contribution in [-0.2, 0) is 6.54 Å². The highest BCUT2D eigenvalue weighted by molar-refractivity contribution is 7.17. The lowest BCUT2D eigenvalue weighted by molar-refractivity contribution is 0.0955. The fraction of sp³-hybridized carbons (Fsp3) is 0.214. The molecule has 4 nitrogen and oxygen atoms in total. The van der Waals surface area contributed by atoms with Crippen molar-refractivity contribution < 1.29 is 14.3 Å². The average Bonchev–Trinajstić information content (AvgIpc) is 2.91. The van der Waals surface area contributed by atoms with Crippen LogP contribution in [-0.4, -0.2) is 19.1 Å². The van der Waals surface area contributed by atoms with Gasteiger partial charge >= 0.3 is 0 Å². The zero-order valence-corrected chi connectivity index (χ0v) is 12.1. The van der Waals surface area contributed by atoms with Gasteiger partial charge in [0.2, 0.25) is 0 Å². The summed E-state index contributed by atoms with van der Waals surface area (Å²) in [6.07, 6.45) is 0. The van der Waals surface area contributed by atoms with Crippen LogP contribution in [0.2, 0.25) is 4.34 Å². The molecule has 0 aliphatic carbocycles. The third-order valence-corrected chi connectivity index (χ3v) is 4.09. The molecule has 1 aliphatic heterocycles. The molecule has 104 valence electrons. The largest absolute Gasteiger partial charge is 0.486 e. The number of hydrogen-bond donors (Lipinski definition) is 1. The predicted molar refractivity (Wildman–Crippen MR) is 77.9 cm³/mol. The van der Waals surface area contributed by atoms with Crippen LogP contribution in [0.1, 0.15) is 15.2 Å². The minimum atomic E-state index is -0.128. The number of fused-ring (bicyclic) bond motifs is 1. The van der Waals surface area contributed by atoms with Crippen LogP contribution >= 0.6 is 22.9 Å². The van der Waals surface area contributed by atoms with E-state index >= 15 is 0 Å². The van der Waals surface area contributed by atoms with Gasteiger partial charge in [0.15, 0.2) is 11.5 Å². The highest BCUT2D eigenvalue weighted by atomic mass is 35.5. The van der Waals surface area contributed by atoms with Gasteiger partial charge in [-0.15, -0.1) is 11.3 Å². The van der Waals surface area contributed by atoms with Gasteiger partial charge in [0.05, 0.1) is 9.21 Å². The lowest BCUT2D eigenvalue weighted by Gasteiger charge is -2.18. The van der Waals surface area contributed by atoms with Gasteiger partial charge in [0.1, 0.15) is 13.2 Å². The Kier molecular flexibility index (Phi) is 3.80. The van der Waals surface area contributed by atoms with Crippen LogP contribution in [0, 0.1) is 0 Å². The number of carbonyl (C=O) groups excluding carboxylic acids is 1. The maximum Gasteiger partial charge on any atom is 0.261 e. The van der Waals surface area contributed by atoms with E-state index in [4.69, 9.17) is 21.1 Å². The average molecular weight is 310 g/mol. The monoisotopic (exact) mass is 309 g/mol. The number of hydrogen-bond acceptors (Lipinski definition) is 4. The van der Waals surface area contributed by atoms with Crippen LogP contribution in [0.4, 0.5) is 0 Å². The Hall–Kier alpha value is -1.72. The summed E-state index contributed by atoms with van der Waals surface area (Å²) in [4.78, 5) is 12.5. The molecule has 2 aromatic rings. The summed E-state index contributed by atoms with van der Waals surface area (Å²) in [5.41, 5.74) is 0.963. The molecule has 1 amide bonds. The topological polar surface area (TPSA) is 47.6 Å². The number of benzene rings is 1. The first-order valence-corrected chi connectivity index (χ1v) is 7.34. The van der Waals surface area contributed by atoms with E-state index in [1.807, 2.05) is 18.2 Å². The van der Waals surface area contributed by atoms with Gasteiger partial charge in [-0.25, -0.2) is 0 Å². The number of carbonyl (C=O) groups is 1. The van der Waals surface area contributed by atoms with Crippen molar-refractivity contribution >= 4 is 28.8 Å². The molecule has 1 aliphatic rings. The minimum absolute atomic E-state index is 0.128. The van der Waals surface area contributed by atoms with E-state index in [9.17, 15) is 4.79 Å². The Morgan fingerprint density at radius 3 is 2.75 bits per heavy atom. The normalized spacial score (nSPS) is 13.1. The number of rotatable bonds is 3. The fourth-order valence-corrected chi connectivity index (χ4v) is 2.86. The van der Waals surface area contributed by atoms with E-state index in [2.05, 4.69) is 5.32 Å². The molecule has 0 atom stereocenters. The predicted octanol–water partition coefficient (Wildman–Crippen LogP) is 3.10. The van der Waals surface area contributed by atoms with Crippen LogP contribution in [0.5, 0.6) is 11.5 Å². The SMILES string of the molecule is O=C(NCc1ccc2c(c1)OCCO2)c1ccc(Cl)s1. The van der Waals surface area contributed by atoms with Crippen molar-refractivity contribution in [3.63, 3.8) is 0 Å². The van der Waals surface area contributed by atoms with E-state index in [-0.39, 0.29) is 5.91 Å². The summed E-state index contributed by atoms with van der Waals surface area (Å²) in [6, 6.07) is 9.08. The van der Waals surface area contributed by atoms with Gasteiger partial charge < -0.3 is 14.8 Å². The van der Waals surface area contributed by atoms with Gasteiger partial charge in [-0.2, -0.15) is 0 Å². The van der Waals surface area contributed by atoms with Crippen LogP contribution in [0.3, 0.4) is 0 Å². The molecule has 0 radical (unpaired) electrons. The zero-order valence-electron chi connectivity index (χ0n) is 10.5. The maximum atomic E-state index is 11.9. The second kappa shape index (κ2) is 5.73. The Bertz CT molecular complexity index is 641. The maximum absolute atomic E-state index is 11.9. The minimum Gasteiger partial charge on any atom is -0.486 e. The first-order valence-electron chi connectivity index (χ1n) is 6.14. The van der Waals surface area contributed by atoms with E-state index in [0.717, 1.165) is 17.1 Å². The van der Waals surface area contributed by atoms with Gasteiger partial charge in [-0.3, -0.25) is 4.79 Å². The molecule has 1 aromatic carbocycles. The molecule has 0 fully saturated rings. The summed E-state index contributed by atoms with van der Waals surface area (Å²) in [5, 5.41) is 2.85. The number of thiophene rings is 1. The van der Waals surface area contributed by atoms with Gasteiger partial charge in [0, 0.05) is 6.54 Å². The van der Waals surface area contributed by atoms with Crippen LogP contribution in [0.25, 0.3) is 0 Å². The second-order valence-electron chi connectivity index (χ2n) is 4.26. The number of ether oxygens (including phenoxy) is 2. The van der Waals surface area contributed by atoms with Crippen molar-refractivity contribution in [3.8, 4) is 11.5 Å². The number of nitrogens with one attached hydrogen (secondary N) is 1. The van der Waals surface area contributed by atoms with Crippen molar-refractivity contribution in [2.75, 3.05) is 13.2 Å². The molecule has 0 unspecified atom stereocenters. The molecule has 3 rings (SSSR count). The molecule has 0 spiro atoms. The Morgan fingerprint density at radius 2 is 2.00 bits per heavy atom. The van der Waals surface area contributed by atoms with Crippen molar-refractivity contribution in [2.24, 2.45) is 0 Å². The van der Waals surface area contributed by atoms with Crippen LogP contribution < -0.4 is 14.8 Å². The summed E-state index contributed by atoms with van der Waals surface area (Å²) < 4.78 is 11.6. The van der Waals surface area contributed by atoms with Crippen molar-refractivity contribution in [2.45, 2.75) is 6.54 Å². The summed E-state index contributed by atoms with van der Waals surface area (Å²) >= 11 is 7.07. The molecule has 0 saturated carbocycles. The lowest BCUT2D eigenvalue weighted by Crippen LogP contribution is -2.22. The molecule has 20 heavy (non-hydrogen) atoms. The third-order valence-electron chi connectivity index (χ3n) is 2.86. The first-order chi connectivity index (χ1) is 9.72. The van der Waals surface area contributed by atoms with Gasteiger partial charge in [-0.1, -0.05) is 17.7 Å². The molecule has 1 aromatic heterocycles. The van der Waals surface area contributed by atoms with E-state index < -0.39 is 0 Å². The molecular formula is C14H12ClNO3S. The molecule has 1 N–H and O–H groups in total. The number of halogens is 1. The molecule has 2 heterocycles. The zero-order chi connectivity index (χ0) is 13.9. The van der Waals surface area contributed by atoms with E-state index in [1.165, 1.54) is 11.3 Å². The third kappa shape index (κ3) is 2.89. The second-order valence-corrected chi connectivity index (χ2v) is 5.98. The van der Waals surface area contributed by atoms with Gasteiger partial charge in [0.25, 0.3) is 5.91 Å². The van der Waals surface area contributed by atoms with E-state index in [0.29, 0.717) is 29.0 Å². The van der Waals surface area contributed by atoms with Gasteiger partial charge in [-0.05, 0) is 29.8 Å². The summed E-state index contributed by atoms with van der Waals surface area (Å²) in [5.74, 6) is 1.34. The van der Waals surface area contributed by atoms with Crippen molar-refractivity contribution in [1.82, 2.24) is 5.32 Å². The van der Waals surface area contributed by atoms with Crippen molar-refractivity contribution in [3.05, 3.63) is 45.1 Å². The van der Waals surface area contributed by atoms with E-state index in [1.54, 1.807) is 12.1 Å². The molecule has 6 heteroatoms. The molecule has 0 bridgehead atoms. The Labute approximate surface area is 125 Å². The van der Waals surface area contributed by atoms with Crippen molar-refractivity contribution in [1.29, 1.82) is 0 Å². The summed E-state index contributed by atoms with van der Waals surface area (Å²) in [7, 11) is 0. The smallest absolute Gasteiger partial charge is 0.261 e. The first kappa shape index (κ1) is 13.3. The standard InChI is InChI=1S/C14H12ClNO3S/c15-13-4-3-12(20-13)14(17)16-8-9-1-2-10-11(7-9)19-6-5-18-10/h1-4,7H,5-6,8H2,(H,16,17). The van der Waals surface area contributed by atoms with Crippen LogP contribution in [0.15, 0.2) is 30.3 Å². The highest BCUT2D eigenvalue weighted by Crippen LogP contribution is 2.30. The Balaban J connectivity index is 1.65. The number of amides is 1. The highest BCUT2D eigenvalue weighted by Gasteiger charge is 2.13. The Morgan fingerprint density at radius 1 is 1.20 bits per heavy atom.